The SMILES string of the molecule is CC(C)NC(C)CN.O=S(=O)(O)OS(=O)(=O)O. The summed E-state index contributed by atoms with van der Waals surface area (Å²) in [5.74, 6) is 0. The van der Waals surface area contributed by atoms with E-state index in [1.54, 1.807) is 0 Å². The van der Waals surface area contributed by atoms with Crippen LogP contribution in [0.15, 0.2) is 0 Å². The smallest absolute Gasteiger partial charge is 0.329 e. The Hall–Kier alpha value is -0.300. The third-order valence-corrected chi connectivity index (χ3v) is 2.52. The molecule has 0 aliphatic heterocycles. The van der Waals surface area contributed by atoms with Crippen molar-refractivity contribution in [2.24, 2.45) is 5.73 Å². The van der Waals surface area contributed by atoms with Gasteiger partial charge in [-0.1, -0.05) is 13.8 Å². The van der Waals surface area contributed by atoms with E-state index in [2.05, 4.69) is 29.7 Å². The number of rotatable bonds is 5. The molecule has 0 aromatic heterocycles. The van der Waals surface area contributed by atoms with E-state index in [1.807, 2.05) is 0 Å². The van der Waals surface area contributed by atoms with Crippen LogP contribution in [0.25, 0.3) is 0 Å². The molecule has 0 radical (unpaired) electrons. The minimum atomic E-state index is -5.12. The zero-order valence-corrected chi connectivity index (χ0v) is 11.3. The molecule has 106 valence electrons. The van der Waals surface area contributed by atoms with E-state index in [9.17, 15) is 16.8 Å². The molecule has 0 aromatic carbocycles. The molecule has 0 heterocycles. The van der Waals surface area contributed by atoms with Gasteiger partial charge in [0.2, 0.25) is 0 Å². The van der Waals surface area contributed by atoms with E-state index in [1.165, 1.54) is 0 Å². The molecule has 1 unspecified atom stereocenters. The third kappa shape index (κ3) is 21.5. The van der Waals surface area contributed by atoms with Crippen molar-refractivity contribution < 1.29 is 29.6 Å². The van der Waals surface area contributed by atoms with E-state index in [0.717, 1.165) is 6.54 Å². The minimum Gasteiger partial charge on any atom is -0.329 e. The van der Waals surface area contributed by atoms with Crippen LogP contribution in [0.2, 0.25) is 0 Å². The van der Waals surface area contributed by atoms with Crippen molar-refractivity contribution >= 4 is 20.8 Å². The van der Waals surface area contributed by atoms with Crippen molar-refractivity contribution in [1.82, 2.24) is 5.32 Å². The number of nitrogens with two attached hydrogens (primary N) is 1. The van der Waals surface area contributed by atoms with Gasteiger partial charge in [-0.2, -0.15) is 16.8 Å². The monoisotopic (exact) mass is 294 g/mol. The maximum atomic E-state index is 9.44. The van der Waals surface area contributed by atoms with E-state index >= 15 is 0 Å². The van der Waals surface area contributed by atoms with Crippen molar-refractivity contribution in [1.29, 1.82) is 0 Å². The summed E-state index contributed by atoms with van der Waals surface area (Å²) < 4.78 is 55.6. The summed E-state index contributed by atoms with van der Waals surface area (Å²) in [5.41, 5.74) is 5.36. The average Bonchev–Trinajstić information content (AvgIpc) is 1.96. The van der Waals surface area contributed by atoms with Crippen LogP contribution < -0.4 is 11.1 Å². The first-order valence-electron chi connectivity index (χ1n) is 4.49. The van der Waals surface area contributed by atoms with Gasteiger partial charge in [0.25, 0.3) is 0 Å². The summed E-state index contributed by atoms with van der Waals surface area (Å²) in [5, 5.41) is 3.27. The molecule has 9 nitrogen and oxygen atoms in total. The van der Waals surface area contributed by atoms with Gasteiger partial charge in [-0.25, -0.2) is 0 Å². The van der Waals surface area contributed by atoms with Crippen LogP contribution in [0.5, 0.6) is 0 Å². The molecule has 17 heavy (non-hydrogen) atoms. The van der Waals surface area contributed by atoms with Gasteiger partial charge in [-0.05, 0) is 6.92 Å². The van der Waals surface area contributed by atoms with E-state index in [4.69, 9.17) is 14.8 Å². The summed E-state index contributed by atoms with van der Waals surface area (Å²) in [6, 6.07) is 1.00. The van der Waals surface area contributed by atoms with Gasteiger partial charge in [-0.3, -0.25) is 9.11 Å². The predicted molar refractivity (Wildman–Crippen MR) is 61.0 cm³/mol. The van der Waals surface area contributed by atoms with Crippen LogP contribution in [0.3, 0.4) is 0 Å². The Morgan fingerprint density at radius 3 is 1.53 bits per heavy atom. The fourth-order valence-electron chi connectivity index (χ4n) is 0.746. The van der Waals surface area contributed by atoms with Crippen LogP contribution in [0.4, 0.5) is 0 Å². The molecule has 11 heteroatoms. The van der Waals surface area contributed by atoms with Crippen molar-refractivity contribution in [3.63, 3.8) is 0 Å². The van der Waals surface area contributed by atoms with Gasteiger partial charge in [0.15, 0.2) is 0 Å². The lowest BCUT2D eigenvalue weighted by Crippen LogP contribution is -2.37. The van der Waals surface area contributed by atoms with Gasteiger partial charge in [0, 0.05) is 18.6 Å². The van der Waals surface area contributed by atoms with Crippen molar-refractivity contribution in [3.05, 3.63) is 0 Å². The fourth-order valence-corrected chi connectivity index (χ4v) is 1.62. The Bertz CT molecular complexity index is 359. The van der Waals surface area contributed by atoms with Gasteiger partial charge in [0.1, 0.15) is 0 Å². The molecule has 0 saturated carbocycles. The number of nitrogens with one attached hydrogen (secondary N) is 1. The Balaban J connectivity index is 0. The molecule has 0 aliphatic rings. The van der Waals surface area contributed by atoms with Crippen LogP contribution >= 0.6 is 0 Å². The van der Waals surface area contributed by atoms with Crippen molar-refractivity contribution in [2.45, 2.75) is 32.9 Å². The van der Waals surface area contributed by atoms with Gasteiger partial charge in [-0.15, -0.1) is 3.63 Å². The lowest BCUT2D eigenvalue weighted by Gasteiger charge is -2.13. The molecule has 1 atom stereocenters. The normalized spacial score (nSPS) is 14.1. The van der Waals surface area contributed by atoms with Crippen LogP contribution in [0, 0.1) is 0 Å². The Morgan fingerprint density at radius 1 is 1.12 bits per heavy atom. The molecule has 0 rings (SSSR count). The van der Waals surface area contributed by atoms with Crippen LogP contribution in [-0.2, 0) is 24.4 Å². The molecule has 5 N–H and O–H groups in total. The third-order valence-electron chi connectivity index (χ3n) is 1.14. The zero-order valence-electron chi connectivity index (χ0n) is 9.69. The molecule has 0 aliphatic carbocycles. The number of hydrogen-bond acceptors (Lipinski definition) is 7. The molecule has 0 aromatic rings. The van der Waals surface area contributed by atoms with Gasteiger partial charge >= 0.3 is 20.8 Å². The molecule has 0 amide bonds. The first-order chi connectivity index (χ1) is 7.37. The van der Waals surface area contributed by atoms with Crippen LogP contribution in [-0.4, -0.2) is 44.6 Å². The fraction of sp³-hybridized carbons (Fsp3) is 1.00. The second kappa shape index (κ2) is 7.92. The topological polar surface area (TPSA) is 156 Å². The second-order valence-corrected chi connectivity index (χ2v) is 5.64. The summed E-state index contributed by atoms with van der Waals surface area (Å²) in [6.45, 7) is 7.04. The molecule has 0 bridgehead atoms. The molecule has 0 saturated heterocycles. The summed E-state index contributed by atoms with van der Waals surface area (Å²) in [7, 11) is -10.2. The molecular weight excluding hydrogens is 276 g/mol. The highest BCUT2D eigenvalue weighted by Gasteiger charge is 2.15. The Kier molecular flexibility index (Phi) is 8.87. The minimum absolute atomic E-state index is 0.454. The quantitative estimate of drug-likeness (QED) is 0.464. The van der Waals surface area contributed by atoms with E-state index < -0.39 is 20.8 Å². The lowest BCUT2D eigenvalue weighted by molar-refractivity contribution is 0.344. The van der Waals surface area contributed by atoms with Crippen molar-refractivity contribution in [3.8, 4) is 0 Å². The predicted octanol–water partition coefficient (Wildman–Crippen LogP) is -1.06. The first kappa shape index (κ1) is 19.0. The highest BCUT2D eigenvalue weighted by Crippen LogP contribution is 1.91. The first-order valence-corrected chi connectivity index (χ1v) is 7.22. The summed E-state index contributed by atoms with van der Waals surface area (Å²) in [4.78, 5) is 0. The highest BCUT2D eigenvalue weighted by atomic mass is 32.3. The van der Waals surface area contributed by atoms with Crippen LogP contribution in [0.1, 0.15) is 20.8 Å². The Labute approximate surface area is 101 Å². The maximum Gasteiger partial charge on any atom is 0.413 e. The standard InChI is InChI=1S/C6H16N2.H2O7S2/c1-5(2)8-6(3)4-7;1-8(2,3)7-9(4,5)6/h5-6,8H,4,7H2,1-3H3;(H,1,2,3)(H,4,5,6). The second-order valence-electron chi connectivity index (χ2n) is 3.38. The van der Waals surface area contributed by atoms with Gasteiger partial charge in [0.05, 0.1) is 0 Å². The molecular formula is C6H18N2O7S2. The largest absolute Gasteiger partial charge is 0.413 e. The van der Waals surface area contributed by atoms with E-state index in [0.29, 0.717) is 12.1 Å². The van der Waals surface area contributed by atoms with Crippen molar-refractivity contribution in [2.75, 3.05) is 6.54 Å². The molecule has 0 fully saturated rings. The average molecular weight is 294 g/mol. The van der Waals surface area contributed by atoms with E-state index in [-0.39, 0.29) is 0 Å². The number of hydrogen-bond donors (Lipinski definition) is 4. The maximum absolute atomic E-state index is 9.44. The summed E-state index contributed by atoms with van der Waals surface area (Å²) in [6.07, 6.45) is 0. The van der Waals surface area contributed by atoms with Gasteiger partial charge < -0.3 is 11.1 Å². The summed E-state index contributed by atoms with van der Waals surface area (Å²) >= 11 is 0. The Morgan fingerprint density at radius 2 is 1.47 bits per heavy atom. The zero-order chi connectivity index (χ0) is 14.3. The lowest BCUT2D eigenvalue weighted by atomic mass is 10.3. The highest BCUT2D eigenvalue weighted by molar-refractivity contribution is 7.94. The molecule has 0 spiro atoms.